The van der Waals surface area contributed by atoms with E-state index in [2.05, 4.69) is 16.8 Å². The zero-order chi connectivity index (χ0) is 21.6. The fraction of sp³-hybridized carbons (Fsp3) is 0.190. The third-order valence-corrected chi connectivity index (χ3v) is 5.42. The minimum atomic E-state index is -0.797. The molecule has 1 aliphatic rings. The number of rotatable bonds is 3. The number of amides is 1. The second-order valence-corrected chi connectivity index (χ2v) is 7.37. The van der Waals surface area contributed by atoms with Gasteiger partial charge in [0, 0.05) is 24.2 Å². The summed E-state index contributed by atoms with van der Waals surface area (Å²) in [7, 11) is 0. The minimum Gasteiger partial charge on any atom is -0.507 e. The molecule has 0 saturated carbocycles. The highest BCUT2D eigenvalue weighted by molar-refractivity contribution is 6.33. The second kappa shape index (κ2) is 7.53. The molecule has 4 rings (SSSR count). The third kappa shape index (κ3) is 3.23. The molecule has 154 valence electrons. The number of phenols is 1. The van der Waals surface area contributed by atoms with Crippen molar-refractivity contribution in [3.8, 4) is 28.3 Å². The van der Waals surface area contributed by atoms with Crippen LogP contribution in [0, 0.1) is 18.6 Å². The van der Waals surface area contributed by atoms with Gasteiger partial charge in [-0.1, -0.05) is 24.2 Å². The molecular weight excluding hydrogens is 414 g/mol. The molecule has 1 aromatic heterocycles. The van der Waals surface area contributed by atoms with Crippen molar-refractivity contribution in [2.24, 2.45) is 0 Å². The van der Waals surface area contributed by atoms with Gasteiger partial charge in [-0.15, -0.1) is 10.2 Å². The van der Waals surface area contributed by atoms with Gasteiger partial charge >= 0.3 is 0 Å². The minimum absolute atomic E-state index is 0.0681. The number of carbonyl (C=O) groups excluding carboxylic acids is 1. The van der Waals surface area contributed by atoms with E-state index in [1.165, 1.54) is 24.3 Å². The molecule has 0 fully saturated rings. The Kier molecular flexibility index (Phi) is 5.03. The summed E-state index contributed by atoms with van der Waals surface area (Å²) in [4.78, 5) is 13.4. The van der Waals surface area contributed by atoms with Crippen LogP contribution in [0.5, 0.6) is 5.75 Å². The first-order valence-corrected chi connectivity index (χ1v) is 9.51. The van der Waals surface area contributed by atoms with E-state index >= 15 is 4.39 Å². The fourth-order valence-electron chi connectivity index (χ4n) is 3.54. The van der Waals surface area contributed by atoms with E-state index in [0.29, 0.717) is 35.9 Å². The molecule has 1 aliphatic heterocycles. The van der Waals surface area contributed by atoms with Crippen LogP contribution in [0.15, 0.2) is 36.9 Å². The van der Waals surface area contributed by atoms with Crippen molar-refractivity contribution in [3.05, 3.63) is 65.0 Å². The van der Waals surface area contributed by atoms with E-state index in [4.69, 9.17) is 11.6 Å². The predicted octanol–water partition coefficient (Wildman–Crippen LogP) is 4.09. The van der Waals surface area contributed by atoms with E-state index in [0.717, 1.165) is 6.07 Å². The van der Waals surface area contributed by atoms with Crippen LogP contribution in [-0.2, 0) is 17.9 Å². The Morgan fingerprint density at radius 1 is 1.20 bits per heavy atom. The largest absolute Gasteiger partial charge is 0.507 e. The number of nitrogens with zero attached hydrogens (tertiary/aromatic N) is 4. The molecule has 6 nitrogen and oxygen atoms in total. The molecular formula is C21H17ClF2N4O2. The number of halogens is 3. The lowest BCUT2D eigenvalue weighted by atomic mass is 9.99. The van der Waals surface area contributed by atoms with Crippen LogP contribution in [0.25, 0.3) is 22.5 Å². The average Bonchev–Trinajstić information content (AvgIpc) is 3.15. The maximum absolute atomic E-state index is 15.0. The van der Waals surface area contributed by atoms with Gasteiger partial charge in [-0.25, -0.2) is 8.78 Å². The first-order chi connectivity index (χ1) is 14.3. The molecule has 0 aliphatic carbocycles. The van der Waals surface area contributed by atoms with Crippen molar-refractivity contribution in [1.82, 2.24) is 19.7 Å². The Hall–Kier alpha value is -3.26. The molecule has 1 amide bonds. The van der Waals surface area contributed by atoms with Crippen molar-refractivity contribution >= 4 is 17.5 Å². The number of aryl methyl sites for hydroxylation is 1. The standard InChI is InChI=1S/C21H17ClF2N4O2/c1-3-17(29)27-6-7-28-16(10-27)25-26-21(28)12-8-13(22)18(15(24)9-12)19-14(23)5-4-11(2)20(19)30/h3-5,8-9,30H,1,6-7,10H2,2H3. The molecule has 9 heteroatoms. The first-order valence-electron chi connectivity index (χ1n) is 9.13. The van der Waals surface area contributed by atoms with Crippen LogP contribution in [0.3, 0.4) is 0 Å². The van der Waals surface area contributed by atoms with E-state index < -0.39 is 11.6 Å². The maximum atomic E-state index is 15.0. The second-order valence-electron chi connectivity index (χ2n) is 6.96. The molecule has 0 unspecified atom stereocenters. The summed E-state index contributed by atoms with van der Waals surface area (Å²) < 4.78 is 31.2. The smallest absolute Gasteiger partial charge is 0.246 e. The van der Waals surface area contributed by atoms with Gasteiger partial charge in [-0.2, -0.15) is 0 Å². The Labute approximate surface area is 176 Å². The summed E-state index contributed by atoms with van der Waals surface area (Å²) in [5.41, 5.74) is 0.248. The van der Waals surface area contributed by atoms with Gasteiger partial charge in [-0.05, 0) is 36.8 Å². The van der Waals surface area contributed by atoms with Gasteiger partial charge in [0.2, 0.25) is 5.91 Å². The molecule has 0 atom stereocenters. The van der Waals surface area contributed by atoms with Gasteiger partial charge in [-0.3, -0.25) is 4.79 Å². The average molecular weight is 431 g/mol. The van der Waals surface area contributed by atoms with E-state index in [1.54, 1.807) is 16.4 Å². The lowest BCUT2D eigenvalue weighted by Crippen LogP contribution is -2.37. The zero-order valence-electron chi connectivity index (χ0n) is 16.0. The monoisotopic (exact) mass is 430 g/mol. The fourth-order valence-corrected chi connectivity index (χ4v) is 3.84. The number of aromatic nitrogens is 3. The number of carbonyl (C=O) groups is 1. The summed E-state index contributed by atoms with van der Waals surface area (Å²) in [6.07, 6.45) is 1.24. The Balaban J connectivity index is 1.77. The van der Waals surface area contributed by atoms with Gasteiger partial charge in [0.1, 0.15) is 17.4 Å². The van der Waals surface area contributed by atoms with Crippen LogP contribution in [0.2, 0.25) is 5.02 Å². The summed E-state index contributed by atoms with van der Waals surface area (Å²) in [5, 5.41) is 18.4. The molecule has 2 heterocycles. The van der Waals surface area contributed by atoms with Crippen molar-refractivity contribution in [3.63, 3.8) is 0 Å². The van der Waals surface area contributed by atoms with Crippen molar-refractivity contribution in [2.75, 3.05) is 6.54 Å². The summed E-state index contributed by atoms with van der Waals surface area (Å²) in [5.74, 6) is -1.21. The Morgan fingerprint density at radius 2 is 1.97 bits per heavy atom. The topological polar surface area (TPSA) is 71.2 Å². The summed E-state index contributed by atoms with van der Waals surface area (Å²) in [6, 6.07) is 5.19. The number of fused-ring (bicyclic) bond motifs is 1. The zero-order valence-corrected chi connectivity index (χ0v) is 16.7. The van der Waals surface area contributed by atoms with Gasteiger partial charge in [0.25, 0.3) is 0 Å². The lowest BCUT2D eigenvalue weighted by molar-refractivity contribution is -0.127. The highest BCUT2D eigenvalue weighted by atomic mass is 35.5. The number of aromatic hydroxyl groups is 1. The molecule has 0 saturated heterocycles. The predicted molar refractivity (Wildman–Crippen MR) is 108 cm³/mol. The lowest BCUT2D eigenvalue weighted by Gasteiger charge is -2.26. The SMILES string of the molecule is C=CC(=O)N1CCn2c(nnc2-c2cc(F)c(-c3c(F)ccc(C)c3O)c(Cl)c2)C1. The van der Waals surface area contributed by atoms with E-state index in [9.17, 15) is 14.3 Å². The highest BCUT2D eigenvalue weighted by Crippen LogP contribution is 2.41. The third-order valence-electron chi connectivity index (χ3n) is 5.12. The van der Waals surface area contributed by atoms with Crippen molar-refractivity contribution < 1.29 is 18.7 Å². The van der Waals surface area contributed by atoms with Gasteiger partial charge in [0.15, 0.2) is 11.6 Å². The summed E-state index contributed by atoms with van der Waals surface area (Å²) >= 11 is 6.31. The molecule has 0 spiro atoms. The van der Waals surface area contributed by atoms with E-state index in [1.807, 2.05) is 0 Å². The molecule has 0 bridgehead atoms. The Bertz CT molecular complexity index is 1170. The van der Waals surface area contributed by atoms with Gasteiger partial charge in [0.05, 0.1) is 17.1 Å². The maximum Gasteiger partial charge on any atom is 0.246 e. The quantitative estimate of drug-likeness (QED) is 0.635. The van der Waals surface area contributed by atoms with Crippen LogP contribution < -0.4 is 0 Å². The molecule has 3 aromatic rings. The molecule has 1 N–H and O–H groups in total. The van der Waals surface area contributed by atoms with Crippen molar-refractivity contribution in [2.45, 2.75) is 20.0 Å². The van der Waals surface area contributed by atoms with Crippen LogP contribution in [-0.4, -0.2) is 37.2 Å². The van der Waals surface area contributed by atoms with Crippen LogP contribution in [0.4, 0.5) is 8.78 Å². The molecule has 2 aromatic carbocycles. The summed E-state index contributed by atoms with van der Waals surface area (Å²) in [6.45, 7) is 6.18. The van der Waals surface area contributed by atoms with Crippen LogP contribution in [0.1, 0.15) is 11.4 Å². The van der Waals surface area contributed by atoms with Crippen LogP contribution >= 0.6 is 11.6 Å². The van der Waals surface area contributed by atoms with Crippen molar-refractivity contribution in [1.29, 1.82) is 0 Å². The Morgan fingerprint density at radius 3 is 2.67 bits per heavy atom. The molecule has 30 heavy (non-hydrogen) atoms. The van der Waals surface area contributed by atoms with E-state index in [-0.39, 0.29) is 34.4 Å². The highest BCUT2D eigenvalue weighted by Gasteiger charge is 2.26. The number of benzene rings is 2. The molecule has 0 radical (unpaired) electrons. The normalized spacial score (nSPS) is 13.3. The number of hydrogen-bond acceptors (Lipinski definition) is 4. The first kappa shape index (κ1) is 20.0. The van der Waals surface area contributed by atoms with Gasteiger partial charge < -0.3 is 14.6 Å². The number of phenolic OH excluding ortho intramolecular Hbond substituents is 1. The number of hydrogen-bond donors (Lipinski definition) is 1.